The van der Waals surface area contributed by atoms with Crippen LogP contribution in [0.15, 0.2) is 35.2 Å². The molecule has 7 nitrogen and oxygen atoms in total. The fourth-order valence-corrected chi connectivity index (χ4v) is 4.02. The molecule has 0 heterocycles. The van der Waals surface area contributed by atoms with Crippen molar-refractivity contribution in [3.8, 4) is 0 Å². The number of carbonyl (C=O) groups excluding carboxylic acids is 1. The van der Waals surface area contributed by atoms with E-state index in [0.717, 1.165) is 6.07 Å². The van der Waals surface area contributed by atoms with E-state index in [1.165, 1.54) is 13.1 Å². The van der Waals surface area contributed by atoms with Gasteiger partial charge in [0.05, 0.1) is 16.1 Å². The SMILES string of the molecule is CNC(=O)c1cccc(NS(=O)(=O)c2cc(C(=O)O)cc(C)c2C)c1C. The number of nitrogens with one attached hydrogen (secondary N) is 2. The first-order valence-electron chi connectivity index (χ1n) is 7.77. The number of hydrogen-bond donors (Lipinski definition) is 3. The van der Waals surface area contributed by atoms with Gasteiger partial charge in [-0.15, -0.1) is 0 Å². The molecule has 0 aliphatic carbocycles. The lowest BCUT2D eigenvalue weighted by molar-refractivity contribution is 0.0696. The van der Waals surface area contributed by atoms with Crippen LogP contribution in [0.25, 0.3) is 0 Å². The highest BCUT2D eigenvalue weighted by molar-refractivity contribution is 7.92. The van der Waals surface area contributed by atoms with Gasteiger partial charge in [0.2, 0.25) is 0 Å². The number of hydrogen-bond acceptors (Lipinski definition) is 4. The zero-order valence-corrected chi connectivity index (χ0v) is 15.7. The van der Waals surface area contributed by atoms with E-state index >= 15 is 0 Å². The van der Waals surface area contributed by atoms with Crippen LogP contribution in [-0.4, -0.2) is 32.4 Å². The van der Waals surface area contributed by atoms with Crippen LogP contribution in [0.4, 0.5) is 5.69 Å². The minimum atomic E-state index is -4.04. The highest BCUT2D eigenvalue weighted by Crippen LogP contribution is 2.26. The Morgan fingerprint density at radius 1 is 1.04 bits per heavy atom. The lowest BCUT2D eigenvalue weighted by Crippen LogP contribution is -2.21. The molecule has 138 valence electrons. The molecule has 26 heavy (non-hydrogen) atoms. The zero-order chi connectivity index (χ0) is 19.6. The van der Waals surface area contributed by atoms with Gasteiger partial charge in [0.25, 0.3) is 15.9 Å². The number of sulfonamides is 1. The monoisotopic (exact) mass is 376 g/mol. The van der Waals surface area contributed by atoms with Crippen LogP contribution in [0, 0.1) is 20.8 Å². The molecule has 0 radical (unpaired) electrons. The van der Waals surface area contributed by atoms with Gasteiger partial charge in [-0.05, 0) is 61.7 Å². The maximum atomic E-state index is 12.8. The van der Waals surface area contributed by atoms with E-state index < -0.39 is 16.0 Å². The first-order chi connectivity index (χ1) is 12.1. The van der Waals surface area contributed by atoms with E-state index in [-0.39, 0.29) is 22.1 Å². The smallest absolute Gasteiger partial charge is 0.335 e. The second-order valence-electron chi connectivity index (χ2n) is 5.88. The summed E-state index contributed by atoms with van der Waals surface area (Å²) in [5.41, 5.74) is 1.98. The third-order valence-electron chi connectivity index (χ3n) is 4.21. The van der Waals surface area contributed by atoms with E-state index in [2.05, 4.69) is 10.0 Å². The van der Waals surface area contributed by atoms with E-state index in [0.29, 0.717) is 22.3 Å². The summed E-state index contributed by atoms with van der Waals surface area (Å²) in [6.07, 6.45) is 0. The maximum Gasteiger partial charge on any atom is 0.335 e. The van der Waals surface area contributed by atoms with Gasteiger partial charge < -0.3 is 10.4 Å². The Labute approximate surface area is 152 Å². The number of carboxylic acid groups (broad SMARTS) is 1. The van der Waals surface area contributed by atoms with Crippen molar-refractivity contribution in [2.24, 2.45) is 0 Å². The van der Waals surface area contributed by atoms with Gasteiger partial charge in [-0.1, -0.05) is 6.07 Å². The molecule has 0 saturated heterocycles. The Kier molecular flexibility index (Phi) is 5.36. The number of aryl methyl sites for hydroxylation is 1. The Hall–Kier alpha value is -2.87. The van der Waals surface area contributed by atoms with Gasteiger partial charge >= 0.3 is 5.97 Å². The summed E-state index contributed by atoms with van der Waals surface area (Å²) in [4.78, 5) is 23.0. The van der Waals surface area contributed by atoms with E-state index in [9.17, 15) is 23.1 Å². The van der Waals surface area contributed by atoms with E-state index in [1.807, 2.05) is 0 Å². The largest absolute Gasteiger partial charge is 0.478 e. The molecule has 0 atom stereocenters. The molecule has 0 unspecified atom stereocenters. The second-order valence-corrected chi connectivity index (χ2v) is 7.54. The third kappa shape index (κ3) is 3.70. The van der Waals surface area contributed by atoms with Crippen LogP contribution in [0.1, 0.15) is 37.4 Å². The number of amides is 1. The Bertz CT molecular complexity index is 997. The average Bonchev–Trinajstić information content (AvgIpc) is 2.57. The highest BCUT2D eigenvalue weighted by atomic mass is 32.2. The molecule has 0 spiro atoms. The normalized spacial score (nSPS) is 11.1. The summed E-state index contributed by atoms with van der Waals surface area (Å²) in [6.45, 7) is 4.90. The minimum absolute atomic E-state index is 0.107. The summed E-state index contributed by atoms with van der Waals surface area (Å²) in [7, 11) is -2.55. The Balaban J connectivity index is 2.54. The lowest BCUT2D eigenvalue weighted by Gasteiger charge is -2.16. The number of rotatable bonds is 5. The van der Waals surface area contributed by atoms with E-state index in [4.69, 9.17) is 0 Å². The zero-order valence-electron chi connectivity index (χ0n) is 14.9. The average molecular weight is 376 g/mol. The lowest BCUT2D eigenvalue weighted by atomic mass is 10.1. The summed E-state index contributed by atoms with van der Waals surface area (Å²) < 4.78 is 28.2. The molecule has 0 aliphatic heterocycles. The summed E-state index contributed by atoms with van der Waals surface area (Å²) in [6, 6.07) is 7.26. The molecular weight excluding hydrogens is 356 g/mol. The number of benzene rings is 2. The molecular formula is C18H20N2O5S. The molecule has 0 fully saturated rings. The van der Waals surface area contributed by atoms with Gasteiger partial charge in [0, 0.05) is 12.6 Å². The summed E-state index contributed by atoms with van der Waals surface area (Å²) in [5, 5.41) is 11.7. The first kappa shape index (κ1) is 19.5. The number of anilines is 1. The Morgan fingerprint density at radius 2 is 1.69 bits per heavy atom. The van der Waals surface area contributed by atoms with Crippen LogP contribution in [-0.2, 0) is 10.0 Å². The van der Waals surface area contributed by atoms with Crippen molar-refractivity contribution in [1.29, 1.82) is 0 Å². The number of aromatic carboxylic acids is 1. The van der Waals surface area contributed by atoms with Crippen molar-refractivity contribution in [3.63, 3.8) is 0 Å². The number of carbonyl (C=O) groups is 2. The van der Waals surface area contributed by atoms with Gasteiger partial charge in [-0.3, -0.25) is 9.52 Å². The summed E-state index contributed by atoms with van der Waals surface area (Å²) >= 11 is 0. The van der Waals surface area contributed by atoms with Crippen molar-refractivity contribution in [2.45, 2.75) is 25.7 Å². The Morgan fingerprint density at radius 3 is 2.27 bits per heavy atom. The molecule has 2 aromatic rings. The van der Waals surface area contributed by atoms with Crippen LogP contribution >= 0.6 is 0 Å². The fraction of sp³-hybridized carbons (Fsp3) is 0.222. The quantitative estimate of drug-likeness (QED) is 0.742. The van der Waals surface area contributed by atoms with Crippen molar-refractivity contribution in [1.82, 2.24) is 5.32 Å². The molecule has 8 heteroatoms. The molecule has 0 aromatic heterocycles. The molecule has 1 amide bonds. The van der Waals surface area contributed by atoms with Crippen LogP contribution in [0.2, 0.25) is 0 Å². The first-order valence-corrected chi connectivity index (χ1v) is 9.26. The van der Waals surface area contributed by atoms with Gasteiger partial charge in [-0.2, -0.15) is 0 Å². The standard InChI is InChI=1S/C18H20N2O5S/c1-10-8-13(18(22)23)9-16(11(10)2)26(24,25)20-15-7-5-6-14(12(15)3)17(21)19-4/h5-9,20H,1-4H3,(H,19,21)(H,22,23). The van der Waals surface area contributed by atoms with Crippen molar-refractivity contribution in [2.75, 3.05) is 11.8 Å². The fourth-order valence-electron chi connectivity index (χ4n) is 2.56. The third-order valence-corrected chi connectivity index (χ3v) is 5.70. The van der Waals surface area contributed by atoms with Crippen molar-refractivity contribution in [3.05, 3.63) is 58.1 Å². The molecule has 2 aromatic carbocycles. The number of carboxylic acids is 1. The molecule has 0 bridgehead atoms. The minimum Gasteiger partial charge on any atom is -0.478 e. The second kappa shape index (κ2) is 7.17. The molecule has 0 saturated carbocycles. The maximum absolute atomic E-state index is 12.8. The van der Waals surface area contributed by atoms with Crippen LogP contribution in [0.3, 0.4) is 0 Å². The predicted molar refractivity (Wildman–Crippen MR) is 98.3 cm³/mol. The van der Waals surface area contributed by atoms with Crippen LogP contribution < -0.4 is 10.0 Å². The topological polar surface area (TPSA) is 113 Å². The van der Waals surface area contributed by atoms with Gasteiger partial charge in [0.1, 0.15) is 0 Å². The van der Waals surface area contributed by atoms with Crippen LogP contribution in [0.5, 0.6) is 0 Å². The van der Waals surface area contributed by atoms with Crippen molar-refractivity contribution < 1.29 is 23.1 Å². The summed E-state index contributed by atoms with van der Waals surface area (Å²) in [5.74, 6) is -1.54. The van der Waals surface area contributed by atoms with Gasteiger partial charge in [-0.25, -0.2) is 13.2 Å². The van der Waals surface area contributed by atoms with E-state index in [1.54, 1.807) is 39.0 Å². The molecule has 3 N–H and O–H groups in total. The molecule has 0 aliphatic rings. The predicted octanol–water partition coefficient (Wildman–Crippen LogP) is 2.47. The van der Waals surface area contributed by atoms with Crippen molar-refractivity contribution >= 4 is 27.6 Å². The highest BCUT2D eigenvalue weighted by Gasteiger charge is 2.22. The van der Waals surface area contributed by atoms with Gasteiger partial charge in [0.15, 0.2) is 0 Å². The molecule has 2 rings (SSSR count).